The van der Waals surface area contributed by atoms with E-state index in [0.717, 1.165) is 16.5 Å². The summed E-state index contributed by atoms with van der Waals surface area (Å²) in [6, 6.07) is 13.5. The molecule has 5 heteroatoms. The number of carbonyl (C=O) groups excluding carboxylic acids is 1. The van der Waals surface area contributed by atoms with Crippen LogP contribution in [0.1, 0.15) is 5.56 Å². The number of amides is 1. The number of aromatic nitrogens is 1. The fraction of sp³-hybridized carbons (Fsp3) is 0.0556. The first kappa shape index (κ1) is 14.8. The molecule has 2 aromatic carbocycles. The van der Waals surface area contributed by atoms with E-state index in [1.807, 2.05) is 35.9 Å². The maximum atomic E-state index is 13.0. The van der Waals surface area contributed by atoms with Gasteiger partial charge in [0.25, 0.3) is 0 Å². The summed E-state index contributed by atoms with van der Waals surface area (Å²) in [5.74, 6) is 0.190. The van der Waals surface area contributed by atoms with Gasteiger partial charge < -0.3 is 15.0 Å². The lowest BCUT2D eigenvalue weighted by Crippen LogP contribution is -2.05. The molecule has 1 heterocycles. The summed E-state index contributed by atoms with van der Waals surface area (Å²) in [6.07, 6.45) is 2.92. The van der Waals surface area contributed by atoms with Crippen molar-refractivity contribution in [1.82, 2.24) is 4.57 Å². The molecule has 23 heavy (non-hydrogen) atoms. The zero-order chi connectivity index (χ0) is 16.4. The number of benzene rings is 2. The topological polar surface area (TPSA) is 57.2 Å². The molecule has 0 saturated carbocycles. The number of carbonyl (C=O) groups is 1. The molecule has 2 N–H and O–H groups in total. The molecule has 1 aromatic heterocycles. The number of hydrogen-bond acceptors (Lipinski definition) is 2. The number of rotatable bonds is 4. The van der Waals surface area contributed by atoms with Crippen LogP contribution in [0.3, 0.4) is 0 Å². The van der Waals surface area contributed by atoms with E-state index in [1.165, 1.54) is 18.2 Å². The number of hydrogen-bond donors (Lipinski definition) is 1. The minimum atomic E-state index is -0.536. The van der Waals surface area contributed by atoms with E-state index in [1.54, 1.807) is 18.2 Å². The Hall–Kier alpha value is -3.08. The molecule has 0 atom stereocenters. The highest BCUT2D eigenvalue weighted by atomic mass is 19.1. The summed E-state index contributed by atoms with van der Waals surface area (Å²) in [4.78, 5) is 11.1. The van der Waals surface area contributed by atoms with Crippen LogP contribution in [-0.2, 0) is 11.8 Å². The third-order valence-electron chi connectivity index (χ3n) is 3.53. The van der Waals surface area contributed by atoms with Crippen molar-refractivity contribution >= 4 is 22.9 Å². The first-order chi connectivity index (χ1) is 11.1. The first-order valence-electron chi connectivity index (χ1n) is 7.04. The summed E-state index contributed by atoms with van der Waals surface area (Å²) in [5, 5.41) is 0.935. The largest absolute Gasteiger partial charge is 0.440 e. The van der Waals surface area contributed by atoms with Gasteiger partial charge in [-0.2, -0.15) is 0 Å². The van der Waals surface area contributed by atoms with Crippen LogP contribution in [0.4, 0.5) is 4.39 Å². The third kappa shape index (κ3) is 2.94. The van der Waals surface area contributed by atoms with Crippen LogP contribution in [0.5, 0.6) is 11.6 Å². The second kappa shape index (κ2) is 5.96. The predicted molar refractivity (Wildman–Crippen MR) is 87.6 cm³/mol. The van der Waals surface area contributed by atoms with E-state index in [4.69, 9.17) is 10.5 Å². The van der Waals surface area contributed by atoms with Crippen molar-refractivity contribution in [2.45, 2.75) is 0 Å². The standard InChI is InChI=1S/C18H15FN2O2/c1-21-16-5-3-2-4-14(16)15(10-11-17(20)22)18(21)23-13-8-6-12(19)7-9-13/h2-11H,1H3,(H2,20,22)/b11-10-. The van der Waals surface area contributed by atoms with Crippen LogP contribution >= 0.6 is 0 Å². The minimum absolute atomic E-state index is 0.330. The van der Waals surface area contributed by atoms with E-state index >= 15 is 0 Å². The molecule has 0 saturated heterocycles. The highest BCUT2D eigenvalue weighted by Crippen LogP contribution is 2.35. The monoisotopic (exact) mass is 310 g/mol. The number of para-hydroxylation sites is 1. The Kier molecular flexibility index (Phi) is 3.85. The number of fused-ring (bicyclic) bond motifs is 1. The Bertz CT molecular complexity index is 895. The van der Waals surface area contributed by atoms with Crippen molar-refractivity contribution in [1.29, 1.82) is 0 Å². The number of aryl methyl sites for hydroxylation is 1. The lowest BCUT2D eigenvalue weighted by molar-refractivity contribution is -0.113. The highest BCUT2D eigenvalue weighted by Gasteiger charge is 2.15. The summed E-state index contributed by atoms with van der Waals surface area (Å²) in [6.45, 7) is 0. The van der Waals surface area contributed by atoms with Crippen molar-refractivity contribution in [2.75, 3.05) is 0 Å². The van der Waals surface area contributed by atoms with Gasteiger partial charge in [-0.25, -0.2) is 4.39 Å². The molecule has 1 amide bonds. The Labute approximate surface area is 132 Å². The van der Waals surface area contributed by atoms with Gasteiger partial charge in [0.05, 0.1) is 5.52 Å². The average molecular weight is 310 g/mol. The van der Waals surface area contributed by atoms with Crippen LogP contribution in [0.25, 0.3) is 17.0 Å². The van der Waals surface area contributed by atoms with Crippen LogP contribution < -0.4 is 10.5 Å². The van der Waals surface area contributed by atoms with Gasteiger partial charge in [0.2, 0.25) is 11.8 Å². The normalized spacial score (nSPS) is 11.2. The van der Waals surface area contributed by atoms with Crippen molar-refractivity contribution < 1.29 is 13.9 Å². The number of nitrogens with two attached hydrogens (primary N) is 1. The maximum Gasteiger partial charge on any atom is 0.241 e. The van der Waals surface area contributed by atoms with Crippen LogP contribution in [0.15, 0.2) is 54.6 Å². The van der Waals surface area contributed by atoms with Gasteiger partial charge in [0, 0.05) is 24.1 Å². The smallest absolute Gasteiger partial charge is 0.241 e. The summed E-state index contributed by atoms with van der Waals surface area (Å²) < 4.78 is 20.8. The van der Waals surface area contributed by atoms with Crippen LogP contribution in [0, 0.1) is 5.82 Å². The molecule has 0 unspecified atom stereocenters. The number of halogens is 1. The number of primary amides is 1. The summed E-state index contributed by atoms with van der Waals surface area (Å²) in [5.41, 5.74) is 6.89. The van der Waals surface area contributed by atoms with E-state index in [2.05, 4.69) is 0 Å². The maximum absolute atomic E-state index is 13.0. The molecular weight excluding hydrogens is 295 g/mol. The van der Waals surface area contributed by atoms with E-state index < -0.39 is 5.91 Å². The molecule has 0 fully saturated rings. The van der Waals surface area contributed by atoms with Gasteiger partial charge in [0.1, 0.15) is 11.6 Å². The van der Waals surface area contributed by atoms with Gasteiger partial charge in [-0.15, -0.1) is 0 Å². The van der Waals surface area contributed by atoms with Gasteiger partial charge in [-0.05, 0) is 36.4 Å². The molecule has 3 aromatic rings. The molecule has 4 nitrogen and oxygen atoms in total. The highest BCUT2D eigenvalue weighted by molar-refractivity contribution is 5.97. The Morgan fingerprint density at radius 1 is 1.17 bits per heavy atom. The lowest BCUT2D eigenvalue weighted by Gasteiger charge is -2.08. The Morgan fingerprint density at radius 2 is 1.87 bits per heavy atom. The SMILES string of the molecule is Cn1c(Oc2ccc(F)cc2)c(/C=C\C(N)=O)c2ccccc21. The minimum Gasteiger partial charge on any atom is -0.440 e. The number of ether oxygens (including phenoxy) is 1. The van der Waals surface area contributed by atoms with Crippen LogP contribution in [0.2, 0.25) is 0 Å². The van der Waals surface area contributed by atoms with Crippen molar-refractivity contribution in [3.63, 3.8) is 0 Å². The van der Waals surface area contributed by atoms with Gasteiger partial charge >= 0.3 is 0 Å². The molecule has 0 spiro atoms. The fourth-order valence-corrected chi connectivity index (χ4v) is 2.46. The Balaban J connectivity index is 2.13. The quantitative estimate of drug-likeness (QED) is 0.748. The number of nitrogens with zero attached hydrogens (tertiary/aromatic N) is 1. The fourth-order valence-electron chi connectivity index (χ4n) is 2.46. The molecule has 0 aliphatic rings. The molecular formula is C18H15FN2O2. The third-order valence-corrected chi connectivity index (χ3v) is 3.53. The van der Waals surface area contributed by atoms with Gasteiger partial charge in [0.15, 0.2) is 0 Å². The lowest BCUT2D eigenvalue weighted by atomic mass is 10.1. The Morgan fingerprint density at radius 3 is 2.57 bits per heavy atom. The second-order valence-electron chi connectivity index (χ2n) is 5.09. The van der Waals surface area contributed by atoms with Gasteiger partial charge in [-0.1, -0.05) is 18.2 Å². The molecule has 0 aliphatic heterocycles. The van der Waals surface area contributed by atoms with Crippen molar-refractivity contribution in [3.05, 3.63) is 66.0 Å². The zero-order valence-corrected chi connectivity index (χ0v) is 12.5. The van der Waals surface area contributed by atoms with Crippen molar-refractivity contribution in [2.24, 2.45) is 12.8 Å². The summed E-state index contributed by atoms with van der Waals surface area (Å²) in [7, 11) is 1.86. The molecule has 3 rings (SSSR count). The predicted octanol–water partition coefficient (Wildman–Crippen LogP) is 3.61. The zero-order valence-electron chi connectivity index (χ0n) is 12.5. The van der Waals surface area contributed by atoms with E-state index in [-0.39, 0.29) is 5.82 Å². The van der Waals surface area contributed by atoms with E-state index in [0.29, 0.717) is 11.6 Å². The second-order valence-corrected chi connectivity index (χ2v) is 5.09. The van der Waals surface area contributed by atoms with Crippen molar-refractivity contribution in [3.8, 4) is 11.6 Å². The molecule has 0 bridgehead atoms. The van der Waals surface area contributed by atoms with Crippen LogP contribution in [-0.4, -0.2) is 10.5 Å². The first-order valence-corrected chi connectivity index (χ1v) is 7.04. The van der Waals surface area contributed by atoms with Gasteiger partial charge in [-0.3, -0.25) is 4.79 Å². The summed E-state index contributed by atoms with van der Waals surface area (Å²) >= 11 is 0. The molecule has 116 valence electrons. The van der Waals surface area contributed by atoms with E-state index in [9.17, 15) is 9.18 Å². The molecule has 0 radical (unpaired) electrons. The molecule has 0 aliphatic carbocycles. The average Bonchev–Trinajstić information content (AvgIpc) is 2.80.